The zero-order valence-corrected chi connectivity index (χ0v) is 20.9. The van der Waals surface area contributed by atoms with E-state index in [4.69, 9.17) is 5.11 Å². The molecule has 11 nitrogen and oxygen atoms in total. The molecular weight excluding hydrogens is 466 g/mol. The normalized spacial score (nSPS) is 13.7. The van der Waals surface area contributed by atoms with Crippen molar-refractivity contribution in [2.45, 2.75) is 45.6 Å². The van der Waals surface area contributed by atoms with Crippen LogP contribution in [0.15, 0.2) is 29.2 Å². The van der Waals surface area contributed by atoms with Gasteiger partial charge in [-0.2, -0.15) is 4.98 Å². The van der Waals surface area contributed by atoms with E-state index in [-0.39, 0.29) is 23.5 Å². The van der Waals surface area contributed by atoms with Gasteiger partial charge >= 0.3 is 11.9 Å². The van der Waals surface area contributed by atoms with Gasteiger partial charge in [-0.15, -0.1) is 0 Å². The number of aliphatic carboxylic acids is 2. The SMILES string of the molecule is CNc1nc2[nH]cc(C(C)Cc3ccc(C(=O)N[C@H](C(=O)O)C(C)CC(=O)O)cc3C)c2c(=O)n1C. The van der Waals surface area contributed by atoms with Gasteiger partial charge in [0, 0.05) is 25.9 Å². The molecule has 0 radical (unpaired) electrons. The number of aromatic nitrogens is 3. The minimum absolute atomic E-state index is 0.0275. The van der Waals surface area contributed by atoms with E-state index >= 15 is 0 Å². The zero-order chi connectivity index (χ0) is 26.7. The molecule has 0 saturated carbocycles. The number of amides is 1. The van der Waals surface area contributed by atoms with Crippen LogP contribution in [0.2, 0.25) is 0 Å². The third-order valence-electron chi connectivity index (χ3n) is 6.45. The molecule has 3 aromatic rings. The van der Waals surface area contributed by atoms with Crippen molar-refractivity contribution in [3.05, 3.63) is 57.0 Å². The second-order valence-corrected chi connectivity index (χ2v) is 9.13. The van der Waals surface area contributed by atoms with Gasteiger partial charge in [0.25, 0.3) is 11.5 Å². The molecule has 3 atom stereocenters. The van der Waals surface area contributed by atoms with Gasteiger partial charge in [0.2, 0.25) is 5.95 Å². The Bertz CT molecular complexity index is 1380. The molecule has 36 heavy (non-hydrogen) atoms. The van der Waals surface area contributed by atoms with E-state index in [2.05, 4.69) is 20.6 Å². The van der Waals surface area contributed by atoms with Crippen LogP contribution in [0.5, 0.6) is 0 Å². The van der Waals surface area contributed by atoms with Crippen molar-refractivity contribution < 1.29 is 24.6 Å². The van der Waals surface area contributed by atoms with Crippen molar-refractivity contribution in [3.63, 3.8) is 0 Å². The van der Waals surface area contributed by atoms with Crippen LogP contribution in [0.3, 0.4) is 0 Å². The van der Waals surface area contributed by atoms with E-state index in [0.29, 0.717) is 23.4 Å². The molecule has 3 rings (SSSR count). The van der Waals surface area contributed by atoms with Crippen LogP contribution in [-0.4, -0.2) is 55.7 Å². The summed E-state index contributed by atoms with van der Waals surface area (Å²) in [7, 11) is 3.36. The maximum Gasteiger partial charge on any atom is 0.326 e. The third-order valence-corrected chi connectivity index (χ3v) is 6.45. The Morgan fingerprint density at radius 2 is 1.89 bits per heavy atom. The number of hydrogen-bond donors (Lipinski definition) is 5. The van der Waals surface area contributed by atoms with Gasteiger partial charge in [-0.3, -0.25) is 19.0 Å². The second kappa shape index (κ2) is 10.6. The van der Waals surface area contributed by atoms with Crippen molar-refractivity contribution in [1.82, 2.24) is 19.9 Å². The van der Waals surface area contributed by atoms with Gasteiger partial charge in [-0.25, -0.2) is 4.79 Å². The fourth-order valence-corrected chi connectivity index (χ4v) is 4.37. The lowest BCUT2D eigenvalue weighted by Gasteiger charge is -2.20. The van der Waals surface area contributed by atoms with Crippen LogP contribution >= 0.6 is 0 Å². The number of fused-ring (bicyclic) bond motifs is 1. The summed E-state index contributed by atoms with van der Waals surface area (Å²) in [6, 6.07) is 3.77. The lowest BCUT2D eigenvalue weighted by molar-refractivity contribution is -0.142. The van der Waals surface area contributed by atoms with Crippen molar-refractivity contribution in [2.24, 2.45) is 13.0 Å². The molecule has 0 aliphatic carbocycles. The Labute approximate surface area is 207 Å². The summed E-state index contributed by atoms with van der Waals surface area (Å²) >= 11 is 0. The molecule has 0 aliphatic heterocycles. The number of nitrogens with one attached hydrogen (secondary N) is 3. The van der Waals surface area contributed by atoms with E-state index in [1.54, 1.807) is 32.4 Å². The van der Waals surface area contributed by atoms with Crippen LogP contribution in [0.1, 0.15) is 53.2 Å². The molecule has 0 aliphatic rings. The molecular formula is C25H31N5O6. The average Bonchev–Trinajstić information content (AvgIpc) is 3.24. The van der Waals surface area contributed by atoms with Crippen LogP contribution in [0.25, 0.3) is 11.0 Å². The molecule has 11 heteroatoms. The second-order valence-electron chi connectivity index (χ2n) is 9.13. The highest BCUT2D eigenvalue weighted by molar-refractivity contribution is 5.97. The lowest BCUT2D eigenvalue weighted by atomic mass is 9.91. The Kier molecular flexibility index (Phi) is 7.81. The highest BCUT2D eigenvalue weighted by Gasteiger charge is 2.28. The number of carboxylic acids is 2. The van der Waals surface area contributed by atoms with Crippen molar-refractivity contribution in [3.8, 4) is 0 Å². The number of aryl methyl sites for hydroxylation is 1. The van der Waals surface area contributed by atoms with Crippen LogP contribution in [-0.2, 0) is 23.1 Å². The Morgan fingerprint density at radius 3 is 2.47 bits per heavy atom. The van der Waals surface area contributed by atoms with E-state index in [9.17, 15) is 24.3 Å². The van der Waals surface area contributed by atoms with Crippen LogP contribution in [0.4, 0.5) is 5.95 Å². The minimum Gasteiger partial charge on any atom is -0.481 e. The summed E-state index contributed by atoms with van der Waals surface area (Å²) in [5, 5.41) is 24.3. The summed E-state index contributed by atoms with van der Waals surface area (Å²) in [5.41, 5.74) is 3.29. The maximum atomic E-state index is 12.9. The van der Waals surface area contributed by atoms with Gasteiger partial charge in [0.05, 0.1) is 11.8 Å². The quantitative estimate of drug-likeness (QED) is 0.284. The largest absolute Gasteiger partial charge is 0.481 e. The number of nitrogens with zero attached hydrogens (tertiary/aromatic N) is 2. The number of benzene rings is 1. The molecule has 0 saturated heterocycles. The number of carboxylic acid groups (broad SMARTS) is 2. The predicted octanol–water partition coefficient (Wildman–Crippen LogP) is 2.25. The maximum absolute atomic E-state index is 12.9. The molecule has 192 valence electrons. The smallest absolute Gasteiger partial charge is 0.326 e. The molecule has 5 N–H and O–H groups in total. The molecule has 0 bridgehead atoms. The summed E-state index contributed by atoms with van der Waals surface area (Å²) < 4.78 is 1.47. The highest BCUT2D eigenvalue weighted by atomic mass is 16.4. The van der Waals surface area contributed by atoms with E-state index in [0.717, 1.165) is 16.7 Å². The number of H-pyrrole nitrogens is 1. The van der Waals surface area contributed by atoms with Gasteiger partial charge in [0.1, 0.15) is 11.7 Å². The number of carbonyl (C=O) groups excluding carboxylic acids is 1. The number of anilines is 1. The number of hydrogen-bond acceptors (Lipinski definition) is 6. The fourth-order valence-electron chi connectivity index (χ4n) is 4.37. The minimum atomic E-state index is -1.32. The van der Waals surface area contributed by atoms with E-state index < -0.39 is 29.8 Å². The average molecular weight is 498 g/mol. The molecule has 2 aromatic heterocycles. The van der Waals surface area contributed by atoms with Gasteiger partial charge < -0.3 is 25.8 Å². The third kappa shape index (κ3) is 5.40. The molecule has 0 spiro atoms. The molecule has 2 unspecified atom stereocenters. The van der Waals surface area contributed by atoms with Crippen LogP contribution < -0.4 is 16.2 Å². The topological polar surface area (TPSA) is 166 Å². The first kappa shape index (κ1) is 26.5. The van der Waals surface area contributed by atoms with Crippen molar-refractivity contribution >= 4 is 34.8 Å². The van der Waals surface area contributed by atoms with Gasteiger partial charge in [0.15, 0.2) is 0 Å². The monoisotopic (exact) mass is 497 g/mol. The summed E-state index contributed by atoms with van der Waals surface area (Å²) in [5.74, 6) is -3.37. The predicted molar refractivity (Wildman–Crippen MR) is 134 cm³/mol. The Hall–Kier alpha value is -4.15. The number of aromatic amines is 1. The standard InChI is InChI=1S/C25H31N5O6/c1-12-8-16(22(33)28-20(24(35)36)14(3)10-18(31)32)7-6-15(12)9-13(2)17-11-27-21-19(17)23(34)30(5)25(26-4)29-21/h6-8,11,13-14,20,27H,9-10H2,1-5H3,(H,26,29)(H,28,33)(H,31,32)(H,35,36)/t13?,14?,20-/m0/s1. The first-order chi connectivity index (χ1) is 16.9. The first-order valence-corrected chi connectivity index (χ1v) is 11.5. The summed E-state index contributed by atoms with van der Waals surface area (Å²) in [4.78, 5) is 55.7. The number of rotatable bonds is 10. The first-order valence-electron chi connectivity index (χ1n) is 11.5. The fraction of sp³-hybridized carbons (Fsp3) is 0.400. The summed E-state index contributed by atoms with van der Waals surface area (Å²) in [6.45, 7) is 5.33. The molecule has 1 aromatic carbocycles. The Morgan fingerprint density at radius 1 is 1.19 bits per heavy atom. The molecule has 1 amide bonds. The van der Waals surface area contributed by atoms with Crippen molar-refractivity contribution in [1.29, 1.82) is 0 Å². The molecule has 2 heterocycles. The van der Waals surface area contributed by atoms with E-state index in [1.165, 1.54) is 11.5 Å². The molecule has 0 fully saturated rings. The highest BCUT2D eigenvalue weighted by Crippen LogP contribution is 2.27. The van der Waals surface area contributed by atoms with E-state index in [1.807, 2.05) is 19.9 Å². The summed E-state index contributed by atoms with van der Waals surface area (Å²) in [6.07, 6.45) is 2.02. The van der Waals surface area contributed by atoms with Crippen molar-refractivity contribution in [2.75, 3.05) is 12.4 Å². The van der Waals surface area contributed by atoms with Gasteiger partial charge in [-0.05, 0) is 54.0 Å². The van der Waals surface area contributed by atoms with Gasteiger partial charge in [-0.1, -0.05) is 19.9 Å². The lowest BCUT2D eigenvalue weighted by Crippen LogP contribution is -2.45. The zero-order valence-electron chi connectivity index (χ0n) is 20.9. The Balaban J connectivity index is 1.80. The number of carbonyl (C=O) groups is 3. The van der Waals surface area contributed by atoms with Crippen LogP contribution in [0, 0.1) is 12.8 Å².